The minimum absolute atomic E-state index is 0.0779. The van der Waals surface area contributed by atoms with Crippen molar-refractivity contribution in [2.45, 2.75) is 24.8 Å². The molecule has 1 unspecified atom stereocenters. The number of rotatable bonds is 7. The van der Waals surface area contributed by atoms with Gasteiger partial charge in [-0.05, 0) is 42.3 Å². The van der Waals surface area contributed by atoms with Crippen LogP contribution in [0, 0.1) is 5.92 Å². The van der Waals surface area contributed by atoms with Crippen molar-refractivity contribution in [1.29, 1.82) is 0 Å². The first-order valence-electron chi connectivity index (χ1n) is 7.46. The first-order valence-corrected chi connectivity index (χ1v) is 9.32. The third kappa shape index (κ3) is 4.94. The number of hydrogen-bond acceptors (Lipinski definition) is 5. The summed E-state index contributed by atoms with van der Waals surface area (Å²) in [7, 11) is -4.00. The van der Waals surface area contributed by atoms with Crippen molar-refractivity contribution < 1.29 is 23.1 Å². The van der Waals surface area contributed by atoms with E-state index in [0.29, 0.717) is 16.5 Å². The summed E-state index contributed by atoms with van der Waals surface area (Å²) in [5.41, 5.74) is 0. The molecule has 2 aromatic carbocycles. The molecule has 1 N–H and O–H groups in total. The van der Waals surface area contributed by atoms with Crippen LogP contribution in [0.5, 0.6) is 11.5 Å². The number of hydrogen-bond donors (Lipinski definition) is 1. The van der Waals surface area contributed by atoms with Gasteiger partial charge in [-0.2, -0.15) is 0 Å². The van der Waals surface area contributed by atoms with Gasteiger partial charge in [-0.1, -0.05) is 37.6 Å². The van der Waals surface area contributed by atoms with E-state index in [1.54, 1.807) is 38.1 Å². The summed E-state index contributed by atoms with van der Waals surface area (Å²) in [5.74, 6) is -1.10. The van der Waals surface area contributed by atoms with E-state index < -0.39 is 28.0 Å². The van der Waals surface area contributed by atoms with Crippen LogP contribution in [0.2, 0.25) is 5.02 Å². The molecule has 0 fully saturated rings. The van der Waals surface area contributed by atoms with Crippen LogP contribution in [-0.2, 0) is 14.8 Å². The molecule has 2 aromatic rings. The molecule has 0 aromatic heterocycles. The molecule has 134 valence electrons. The van der Waals surface area contributed by atoms with Gasteiger partial charge in [-0.25, -0.2) is 13.1 Å². The number of aliphatic carboxylic acids is 1. The summed E-state index contributed by atoms with van der Waals surface area (Å²) in [4.78, 5) is 11.0. The van der Waals surface area contributed by atoms with Crippen molar-refractivity contribution in [2.75, 3.05) is 0 Å². The number of carboxylic acid groups (broad SMARTS) is 1. The van der Waals surface area contributed by atoms with E-state index in [2.05, 4.69) is 4.72 Å². The highest BCUT2D eigenvalue weighted by Gasteiger charge is 2.23. The highest BCUT2D eigenvalue weighted by molar-refractivity contribution is 7.89. The smallest absolute Gasteiger partial charge is 0.241 e. The van der Waals surface area contributed by atoms with E-state index in [0.717, 1.165) is 0 Å². The van der Waals surface area contributed by atoms with Crippen molar-refractivity contribution in [3.8, 4) is 11.5 Å². The van der Waals surface area contributed by atoms with Crippen LogP contribution >= 0.6 is 11.6 Å². The van der Waals surface area contributed by atoms with E-state index in [1.165, 1.54) is 24.3 Å². The lowest BCUT2D eigenvalue weighted by atomic mass is 10.1. The monoisotopic (exact) mass is 382 g/mol. The molecule has 8 heteroatoms. The molecular weight excluding hydrogens is 366 g/mol. The summed E-state index contributed by atoms with van der Waals surface area (Å²) in [6.07, 6.45) is 0. The second-order valence-corrected chi connectivity index (χ2v) is 7.79. The molecule has 2 rings (SSSR count). The molecule has 0 aliphatic heterocycles. The Balaban J connectivity index is 2.18. The topological polar surface area (TPSA) is 95.5 Å². The van der Waals surface area contributed by atoms with Gasteiger partial charge >= 0.3 is 0 Å². The highest BCUT2D eigenvalue weighted by atomic mass is 35.5. The van der Waals surface area contributed by atoms with Crippen molar-refractivity contribution in [3.63, 3.8) is 0 Å². The number of sulfonamides is 1. The number of para-hydroxylation sites is 1. The standard InChI is InChI=1S/C17H18ClNO5S/c1-11(2)16(17(20)21)19-25(22,23)13-9-7-12(8-10-13)24-15-6-4-3-5-14(15)18/h3-11,16,19H,1-2H3,(H,20,21)/p-1. The Morgan fingerprint density at radius 3 is 2.24 bits per heavy atom. The van der Waals surface area contributed by atoms with Crippen molar-refractivity contribution in [2.24, 2.45) is 5.92 Å². The number of carbonyl (C=O) groups is 1. The van der Waals surface area contributed by atoms with E-state index in [-0.39, 0.29) is 4.90 Å². The molecule has 0 bridgehead atoms. The molecule has 0 aliphatic rings. The quantitative estimate of drug-likeness (QED) is 0.791. The fourth-order valence-corrected chi connectivity index (χ4v) is 3.54. The Bertz CT molecular complexity index is 850. The number of benzene rings is 2. The van der Waals surface area contributed by atoms with Crippen LogP contribution in [-0.4, -0.2) is 20.4 Å². The Hall–Kier alpha value is -2.09. The van der Waals surface area contributed by atoms with Crippen LogP contribution in [0.25, 0.3) is 0 Å². The molecule has 0 spiro atoms. The summed E-state index contributed by atoms with van der Waals surface area (Å²) in [5, 5.41) is 11.5. The van der Waals surface area contributed by atoms with Crippen LogP contribution in [0.15, 0.2) is 53.4 Å². The third-order valence-electron chi connectivity index (χ3n) is 3.40. The number of ether oxygens (including phenoxy) is 1. The van der Waals surface area contributed by atoms with Crippen molar-refractivity contribution in [3.05, 3.63) is 53.6 Å². The second-order valence-electron chi connectivity index (χ2n) is 5.67. The third-order valence-corrected chi connectivity index (χ3v) is 5.17. The van der Waals surface area contributed by atoms with E-state index in [9.17, 15) is 18.3 Å². The van der Waals surface area contributed by atoms with E-state index in [1.807, 2.05) is 0 Å². The van der Waals surface area contributed by atoms with Crippen LogP contribution < -0.4 is 14.6 Å². The van der Waals surface area contributed by atoms with Gasteiger partial charge in [0, 0.05) is 0 Å². The Morgan fingerprint density at radius 1 is 1.12 bits per heavy atom. The van der Waals surface area contributed by atoms with Gasteiger partial charge in [0.05, 0.1) is 21.9 Å². The SMILES string of the molecule is CC(C)C(NS(=O)(=O)c1ccc(Oc2ccccc2Cl)cc1)C(=O)[O-]. The predicted octanol–water partition coefficient (Wildman–Crippen LogP) is 2.19. The van der Waals surface area contributed by atoms with Crippen molar-refractivity contribution >= 4 is 27.6 Å². The van der Waals surface area contributed by atoms with Crippen LogP contribution in [0.3, 0.4) is 0 Å². The van der Waals surface area contributed by atoms with Gasteiger partial charge in [0.15, 0.2) is 0 Å². The maximum absolute atomic E-state index is 12.3. The number of nitrogens with one attached hydrogen (secondary N) is 1. The van der Waals surface area contributed by atoms with E-state index in [4.69, 9.17) is 16.3 Å². The van der Waals surface area contributed by atoms with E-state index >= 15 is 0 Å². The average Bonchev–Trinajstić information content (AvgIpc) is 2.55. The largest absolute Gasteiger partial charge is 0.548 e. The summed E-state index contributed by atoms with van der Waals surface area (Å²) >= 11 is 6.00. The molecule has 0 heterocycles. The van der Waals surface area contributed by atoms with Gasteiger partial charge in [0.1, 0.15) is 11.5 Å². The zero-order valence-corrected chi connectivity index (χ0v) is 15.2. The lowest BCUT2D eigenvalue weighted by Gasteiger charge is -2.23. The lowest BCUT2D eigenvalue weighted by Crippen LogP contribution is -2.50. The number of carboxylic acids is 1. The van der Waals surface area contributed by atoms with Crippen molar-refractivity contribution in [1.82, 2.24) is 4.72 Å². The summed E-state index contributed by atoms with van der Waals surface area (Å²) in [6.45, 7) is 3.17. The fraction of sp³-hybridized carbons (Fsp3) is 0.235. The van der Waals surface area contributed by atoms with Gasteiger partial charge in [0.25, 0.3) is 0 Å². The number of carbonyl (C=O) groups excluding carboxylic acids is 1. The number of halogens is 1. The Morgan fingerprint density at radius 2 is 1.72 bits per heavy atom. The second kappa shape index (κ2) is 7.86. The maximum Gasteiger partial charge on any atom is 0.241 e. The molecule has 0 radical (unpaired) electrons. The van der Waals surface area contributed by atoms with Gasteiger partial charge in [-0.3, -0.25) is 0 Å². The summed E-state index contributed by atoms with van der Waals surface area (Å²) < 4.78 is 32.3. The molecule has 0 aliphatic carbocycles. The normalized spacial score (nSPS) is 12.8. The lowest BCUT2D eigenvalue weighted by molar-refractivity contribution is -0.309. The van der Waals surface area contributed by atoms with Gasteiger partial charge < -0.3 is 14.6 Å². The van der Waals surface area contributed by atoms with Gasteiger partial charge in [-0.15, -0.1) is 0 Å². The minimum atomic E-state index is -4.00. The average molecular weight is 383 g/mol. The van der Waals surface area contributed by atoms with Gasteiger partial charge in [0.2, 0.25) is 10.0 Å². The molecule has 0 amide bonds. The molecule has 6 nitrogen and oxygen atoms in total. The molecule has 0 saturated carbocycles. The minimum Gasteiger partial charge on any atom is -0.548 e. The summed E-state index contributed by atoms with van der Waals surface area (Å²) in [6, 6.07) is 11.1. The molecular formula is C17H17ClNO5S-. The maximum atomic E-state index is 12.3. The van der Waals surface area contributed by atoms with Crippen LogP contribution in [0.4, 0.5) is 0 Å². The molecule has 25 heavy (non-hydrogen) atoms. The first kappa shape index (κ1) is 19.2. The zero-order chi connectivity index (χ0) is 18.6. The Kier molecular flexibility index (Phi) is 6.05. The zero-order valence-electron chi connectivity index (χ0n) is 13.6. The molecule has 0 saturated heterocycles. The first-order chi connectivity index (χ1) is 11.7. The Labute approximate surface area is 151 Å². The predicted molar refractivity (Wildman–Crippen MR) is 91.9 cm³/mol. The molecule has 1 atom stereocenters. The van der Waals surface area contributed by atoms with Crippen LogP contribution in [0.1, 0.15) is 13.8 Å². The highest BCUT2D eigenvalue weighted by Crippen LogP contribution is 2.29. The fourth-order valence-electron chi connectivity index (χ4n) is 2.03.